The highest BCUT2D eigenvalue weighted by molar-refractivity contribution is 7.16. The van der Waals surface area contributed by atoms with E-state index in [0.29, 0.717) is 22.1 Å². The number of thiazole rings is 1. The zero-order chi connectivity index (χ0) is 18.3. The maximum atomic E-state index is 14.7. The number of hydrogen-bond donors (Lipinski definition) is 0. The fourth-order valence-corrected chi connectivity index (χ4v) is 3.80. The summed E-state index contributed by atoms with van der Waals surface area (Å²) in [7, 11) is 0. The molecule has 4 aromatic rings. The van der Waals surface area contributed by atoms with Crippen LogP contribution in [-0.2, 0) is 0 Å². The second-order valence-electron chi connectivity index (χ2n) is 5.64. The summed E-state index contributed by atoms with van der Waals surface area (Å²) >= 11 is 7.80. The van der Waals surface area contributed by atoms with Gasteiger partial charge in [0.2, 0.25) is 0 Å². The molecule has 26 heavy (non-hydrogen) atoms. The van der Waals surface area contributed by atoms with Crippen LogP contribution in [0.1, 0.15) is 11.3 Å². The fraction of sp³-hybridized carbons (Fsp3) is 0.0526. The lowest BCUT2D eigenvalue weighted by Gasteiger charge is -2.11. The van der Waals surface area contributed by atoms with Crippen molar-refractivity contribution in [3.8, 4) is 28.6 Å². The summed E-state index contributed by atoms with van der Waals surface area (Å²) < 4.78 is 15.7. The van der Waals surface area contributed by atoms with Crippen LogP contribution in [0.15, 0.2) is 42.0 Å². The van der Waals surface area contributed by atoms with E-state index in [4.69, 9.17) is 16.9 Å². The topological polar surface area (TPSA) is 62.5 Å². The first kappa shape index (κ1) is 16.6. The van der Waals surface area contributed by atoms with Crippen LogP contribution in [0.2, 0.25) is 5.02 Å². The molecular weight excluding hydrogens is 371 g/mol. The first-order valence-electron chi connectivity index (χ1n) is 7.64. The zero-order valence-corrected chi connectivity index (χ0v) is 15.1. The van der Waals surface area contributed by atoms with Crippen LogP contribution < -0.4 is 0 Å². The third-order valence-electron chi connectivity index (χ3n) is 3.93. The molecule has 2 aromatic carbocycles. The number of hydrogen-bond acceptors (Lipinski definition) is 5. The SMILES string of the molecule is Cc1cnc(-c2cc(Cl)c3ncsc3c2)c(-c2cccc(C#N)c2F)n1. The van der Waals surface area contributed by atoms with E-state index in [1.54, 1.807) is 36.8 Å². The summed E-state index contributed by atoms with van der Waals surface area (Å²) in [5.74, 6) is -0.610. The highest BCUT2D eigenvalue weighted by Crippen LogP contribution is 2.36. The minimum atomic E-state index is -0.610. The molecule has 2 aromatic heterocycles. The standard InChI is InChI=1S/C19H10ClFN4S/c1-10-8-23-17(12-5-14(20)19-15(6-12)26-9-24-19)18(25-10)13-4-2-3-11(7-22)16(13)21/h2-6,8-9H,1H3. The van der Waals surface area contributed by atoms with E-state index in [9.17, 15) is 4.39 Å². The van der Waals surface area contributed by atoms with E-state index >= 15 is 0 Å². The average Bonchev–Trinajstić information content (AvgIpc) is 3.11. The van der Waals surface area contributed by atoms with Crippen molar-refractivity contribution in [2.75, 3.05) is 0 Å². The Labute approximate surface area is 157 Å². The largest absolute Gasteiger partial charge is 0.252 e. The average molecular weight is 381 g/mol. The second-order valence-corrected chi connectivity index (χ2v) is 6.94. The predicted molar refractivity (Wildman–Crippen MR) is 101 cm³/mol. The maximum absolute atomic E-state index is 14.7. The monoisotopic (exact) mass is 380 g/mol. The van der Waals surface area contributed by atoms with E-state index in [2.05, 4.69) is 15.0 Å². The molecule has 0 bridgehead atoms. The van der Waals surface area contributed by atoms with Crippen molar-refractivity contribution < 1.29 is 4.39 Å². The van der Waals surface area contributed by atoms with Crippen molar-refractivity contribution in [3.05, 3.63) is 64.1 Å². The summed E-state index contributed by atoms with van der Waals surface area (Å²) in [5.41, 5.74) is 4.88. The summed E-state index contributed by atoms with van der Waals surface area (Å²) in [6, 6.07) is 10.2. The molecule has 4 nitrogen and oxygen atoms in total. The van der Waals surface area contributed by atoms with Gasteiger partial charge in [-0.1, -0.05) is 17.7 Å². The van der Waals surface area contributed by atoms with Gasteiger partial charge < -0.3 is 0 Å². The van der Waals surface area contributed by atoms with Crippen molar-refractivity contribution in [3.63, 3.8) is 0 Å². The van der Waals surface area contributed by atoms with Crippen molar-refractivity contribution in [2.45, 2.75) is 6.92 Å². The Morgan fingerprint density at radius 3 is 2.85 bits per heavy atom. The number of rotatable bonds is 2. The molecule has 0 atom stereocenters. The normalized spacial score (nSPS) is 10.8. The number of nitriles is 1. The maximum Gasteiger partial charge on any atom is 0.150 e. The highest BCUT2D eigenvalue weighted by Gasteiger charge is 2.18. The molecule has 0 saturated heterocycles. The van der Waals surface area contributed by atoms with Gasteiger partial charge in [0.05, 0.1) is 43.4 Å². The molecule has 0 aliphatic heterocycles. The van der Waals surface area contributed by atoms with Crippen LogP contribution >= 0.6 is 22.9 Å². The van der Waals surface area contributed by atoms with Gasteiger partial charge in [0.15, 0.2) is 0 Å². The lowest BCUT2D eigenvalue weighted by Crippen LogP contribution is -1.99. The lowest BCUT2D eigenvalue weighted by atomic mass is 10.0. The Bertz CT molecular complexity index is 1200. The Hall–Kier alpha value is -2.88. The summed E-state index contributed by atoms with van der Waals surface area (Å²) in [6.45, 7) is 1.78. The smallest absolute Gasteiger partial charge is 0.150 e. The number of halogens is 2. The van der Waals surface area contributed by atoms with Crippen LogP contribution in [0.25, 0.3) is 32.7 Å². The molecule has 7 heteroatoms. The van der Waals surface area contributed by atoms with Crippen molar-refractivity contribution >= 4 is 33.2 Å². The quantitative estimate of drug-likeness (QED) is 0.467. The predicted octanol–water partition coefficient (Wildman–Crippen LogP) is 5.39. The van der Waals surface area contributed by atoms with Gasteiger partial charge in [-0.2, -0.15) is 5.26 Å². The summed E-state index contributed by atoms with van der Waals surface area (Å²) in [6.07, 6.45) is 1.62. The minimum Gasteiger partial charge on any atom is -0.252 e. The highest BCUT2D eigenvalue weighted by atomic mass is 35.5. The van der Waals surface area contributed by atoms with Crippen LogP contribution in [0.3, 0.4) is 0 Å². The molecule has 0 saturated carbocycles. The Kier molecular flexibility index (Phi) is 4.11. The van der Waals surface area contributed by atoms with Gasteiger partial charge in [-0.15, -0.1) is 11.3 Å². The molecule has 0 aliphatic rings. The molecule has 4 rings (SSSR count). The Morgan fingerprint density at radius 1 is 1.19 bits per heavy atom. The van der Waals surface area contributed by atoms with Crippen molar-refractivity contribution in [2.24, 2.45) is 0 Å². The Balaban J connectivity index is 2.00. The van der Waals surface area contributed by atoms with Crippen LogP contribution in [0.4, 0.5) is 4.39 Å². The molecule has 0 unspecified atom stereocenters. The van der Waals surface area contributed by atoms with Gasteiger partial charge in [-0.25, -0.2) is 14.4 Å². The lowest BCUT2D eigenvalue weighted by molar-refractivity contribution is 0.626. The number of aromatic nitrogens is 3. The van der Waals surface area contributed by atoms with Crippen molar-refractivity contribution in [1.29, 1.82) is 5.26 Å². The third-order valence-corrected chi connectivity index (χ3v) is 4.99. The first-order chi connectivity index (χ1) is 12.6. The third kappa shape index (κ3) is 2.71. The van der Waals surface area contributed by atoms with E-state index in [-0.39, 0.29) is 11.1 Å². The summed E-state index contributed by atoms with van der Waals surface area (Å²) in [4.78, 5) is 13.2. The van der Waals surface area contributed by atoms with E-state index < -0.39 is 5.82 Å². The van der Waals surface area contributed by atoms with Gasteiger partial charge in [0.1, 0.15) is 11.9 Å². The molecule has 0 amide bonds. The van der Waals surface area contributed by atoms with E-state index in [1.807, 2.05) is 12.1 Å². The van der Waals surface area contributed by atoms with Crippen LogP contribution in [0.5, 0.6) is 0 Å². The number of aryl methyl sites for hydroxylation is 1. The van der Waals surface area contributed by atoms with Crippen molar-refractivity contribution in [1.82, 2.24) is 15.0 Å². The second kappa shape index (κ2) is 6.45. The minimum absolute atomic E-state index is 0.0345. The van der Waals surface area contributed by atoms with Gasteiger partial charge in [0, 0.05) is 17.3 Å². The van der Waals surface area contributed by atoms with Gasteiger partial charge >= 0.3 is 0 Å². The summed E-state index contributed by atoms with van der Waals surface area (Å²) in [5, 5.41) is 9.61. The van der Waals surface area contributed by atoms with E-state index in [0.717, 1.165) is 15.8 Å². The molecular formula is C19H10ClFN4S. The molecule has 0 radical (unpaired) electrons. The van der Waals surface area contributed by atoms with Crippen LogP contribution in [-0.4, -0.2) is 15.0 Å². The molecule has 0 N–H and O–H groups in total. The van der Waals surface area contributed by atoms with E-state index in [1.165, 1.54) is 17.4 Å². The number of benzene rings is 2. The molecule has 0 aliphatic carbocycles. The van der Waals surface area contributed by atoms with Gasteiger partial charge in [-0.3, -0.25) is 4.98 Å². The zero-order valence-electron chi connectivity index (χ0n) is 13.5. The number of nitrogens with zero attached hydrogens (tertiary/aromatic N) is 4. The number of fused-ring (bicyclic) bond motifs is 1. The van der Waals surface area contributed by atoms with Gasteiger partial charge in [-0.05, 0) is 31.2 Å². The molecule has 0 spiro atoms. The first-order valence-corrected chi connectivity index (χ1v) is 8.90. The fourth-order valence-electron chi connectivity index (χ4n) is 2.74. The molecule has 0 fully saturated rings. The van der Waals surface area contributed by atoms with Crippen LogP contribution in [0, 0.1) is 24.1 Å². The Morgan fingerprint density at radius 2 is 2.04 bits per heavy atom. The molecule has 2 heterocycles. The van der Waals surface area contributed by atoms with Gasteiger partial charge in [0.25, 0.3) is 0 Å². The molecule has 126 valence electrons.